The van der Waals surface area contributed by atoms with E-state index in [2.05, 4.69) is 4.98 Å². The molecule has 5 nitrogen and oxygen atoms in total. The summed E-state index contributed by atoms with van der Waals surface area (Å²) in [5.41, 5.74) is 0.688. The number of sulfone groups is 1. The highest BCUT2D eigenvalue weighted by molar-refractivity contribution is 7.90. The van der Waals surface area contributed by atoms with Gasteiger partial charge in [-0.3, -0.25) is 0 Å². The lowest BCUT2D eigenvalue weighted by Gasteiger charge is -2.14. The van der Waals surface area contributed by atoms with Gasteiger partial charge in [-0.15, -0.1) is 0 Å². The molecule has 108 valence electrons. The van der Waals surface area contributed by atoms with Crippen molar-refractivity contribution in [2.24, 2.45) is 0 Å². The Balaban J connectivity index is 2.16. The quantitative estimate of drug-likeness (QED) is 0.909. The van der Waals surface area contributed by atoms with E-state index < -0.39 is 15.9 Å². The highest BCUT2D eigenvalue weighted by Gasteiger charge is 2.12. The van der Waals surface area contributed by atoms with E-state index in [1.807, 2.05) is 17.7 Å². The second-order valence-electron chi connectivity index (χ2n) is 4.71. The minimum atomic E-state index is -3.20. The first-order valence-corrected chi connectivity index (χ1v) is 8.29. The van der Waals surface area contributed by atoms with Crippen molar-refractivity contribution in [2.75, 3.05) is 6.26 Å². The Morgan fingerprint density at radius 2 is 1.95 bits per heavy atom. The van der Waals surface area contributed by atoms with Gasteiger partial charge in [-0.1, -0.05) is 19.1 Å². The largest absolute Gasteiger partial charge is 0.387 e. The molecule has 0 saturated heterocycles. The Morgan fingerprint density at radius 3 is 2.50 bits per heavy atom. The molecule has 20 heavy (non-hydrogen) atoms. The fraction of sp³-hybridized carbons (Fsp3) is 0.357. The maximum atomic E-state index is 11.4. The number of rotatable bonds is 5. The summed E-state index contributed by atoms with van der Waals surface area (Å²) in [7, 11) is -3.20. The molecule has 0 fully saturated rings. The van der Waals surface area contributed by atoms with Gasteiger partial charge in [0.1, 0.15) is 5.82 Å². The van der Waals surface area contributed by atoms with Crippen molar-refractivity contribution in [1.29, 1.82) is 0 Å². The number of imidazole rings is 1. The van der Waals surface area contributed by atoms with Crippen LogP contribution in [0.4, 0.5) is 0 Å². The van der Waals surface area contributed by atoms with Gasteiger partial charge < -0.3 is 9.67 Å². The van der Waals surface area contributed by atoms with Crippen molar-refractivity contribution in [3.8, 4) is 0 Å². The predicted octanol–water partition coefficient (Wildman–Crippen LogP) is 1.58. The third-order valence-electron chi connectivity index (χ3n) is 3.18. The van der Waals surface area contributed by atoms with E-state index in [1.165, 1.54) is 12.1 Å². The maximum Gasteiger partial charge on any atom is 0.175 e. The zero-order valence-corrected chi connectivity index (χ0v) is 12.3. The third-order valence-corrected chi connectivity index (χ3v) is 4.31. The van der Waals surface area contributed by atoms with Gasteiger partial charge in [0.15, 0.2) is 9.84 Å². The Kier molecular flexibility index (Phi) is 4.25. The molecule has 2 rings (SSSR count). The minimum Gasteiger partial charge on any atom is -0.387 e. The lowest BCUT2D eigenvalue weighted by molar-refractivity contribution is 0.155. The van der Waals surface area contributed by atoms with E-state index in [9.17, 15) is 13.5 Å². The number of nitrogens with zero attached hydrogens (tertiary/aromatic N) is 2. The molecule has 1 atom stereocenters. The molecule has 0 bridgehead atoms. The van der Waals surface area contributed by atoms with Crippen molar-refractivity contribution in [3.05, 3.63) is 48.0 Å². The lowest BCUT2D eigenvalue weighted by Crippen LogP contribution is -2.11. The molecule has 1 unspecified atom stereocenters. The van der Waals surface area contributed by atoms with Gasteiger partial charge in [0, 0.05) is 25.1 Å². The summed E-state index contributed by atoms with van der Waals surface area (Å²) in [6, 6.07) is 6.32. The molecule has 0 amide bonds. The Labute approximate surface area is 118 Å². The number of aliphatic hydroxyl groups excluding tert-OH is 1. The molecule has 0 aliphatic carbocycles. The molecular formula is C14H18N2O3S. The first-order valence-electron chi connectivity index (χ1n) is 6.40. The SMILES string of the molecule is CCc1nccn1CC(O)c1ccc(S(C)(=O)=O)cc1. The lowest BCUT2D eigenvalue weighted by atomic mass is 10.1. The van der Waals surface area contributed by atoms with E-state index in [0.717, 1.165) is 18.5 Å². The zero-order chi connectivity index (χ0) is 14.8. The number of aliphatic hydroxyl groups is 1. The second-order valence-corrected chi connectivity index (χ2v) is 6.72. The van der Waals surface area contributed by atoms with Crippen molar-refractivity contribution >= 4 is 9.84 Å². The van der Waals surface area contributed by atoms with Crippen molar-refractivity contribution in [2.45, 2.75) is 30.9 Å². The highest BCUT2D eigenvalue weighted by Crippen LogP contribution is 2.18. The van der Waals surface area contributed by atoms with Crippen LogP contribution in [-0.2, 0) is 22.8 Å². The predicted molar refractivity (Wildman–Crippen MR) is 76.1 cm³/mol. The molecule has 6 heteroatoms. The zero-order valence-electron chi connectivity index (χ0n) is 11.5. The molecule has 0 spiro atoms. The topological polar surface area (TPSA) is 72.2 Å². The maximum absolute atomic E-state index is 11.4. The average molecular weight is 294 g/mol. The number of aryl methyl sites for hydroxylation is 1. The summed E-state index contributed by atoms with van der Waals surface area (Å²) in [6.45, 7) is 2.41. The Bertz CT molecular complexity index is 675. The minimum absolute atomic E-state index is 0.255. The molecular weight excluding hydrogens is 276 g/mol. The molecule has 1 aromatic carbocycles. The number of benzene rings is 1. The fourth-order valence-electron chi connectivity index (χ4n) is 2.05. The molecule has 0 aliphatic rings. The van der Waals surface area contributed by atoms with Gasteiger partial charge in [0.2, 0.25) is 0 Å². The van der Waals surface area contributed by atoms with Crippen LogP contribution in [0.1, 0.15) is 24.4 Å². The van der Waals surface area contributed by atoms with Gasteiger partial charge in [-0.25, -0.2) is 13.4 Å². The summed E-state index contributed by atoms with van der Waals surface area (Å²) < 4.78 is 24.7. The molecule has 0 saturated carbocycles. The van der Waals surface area contributed by atoms with Crippen LogP contribution >= 0.6 is 0 Å². The summed E-state index contributed by atoms with van der Waals surface area (Å²) in [4.78, 5) is 4.46. The second kappa shape index (κ2) is 5.76. The molecule has 0 radical (unpaired) electrons. The van der Waals surface area contributed by atoms with Gasteiger partial charge in [0.05, 0.1) is 17.5 Å². The molecule has 1 N–H and O–H groups in total. The van der Waals surface area contributed by atoms with Crippen molar-refractivity contribution in [3.63, 3.8) is 0 Å². The molecule has 1 heterocycles. The van der Waals surface area contributed by atoms with Crippen LogP contribution in [0.3, 0.4) is 0 Å². The molecule has 1 aromatic heterocycles. The van der Waals surface area contributed by atoms with Crippen LogP contribution < -0.4 is 0 Å². The highest BCUT2D eigenvalue weighted by atomic mass is 32.2. The van der Waals surface area contributed by atoms with E-state index in [1.54, 1.807) is 18.3 Å². The van der Waals surface area contributed by atoms with Gasteiger partial charge in [-0.2, -0.15) is 0 Å². The number of hydrogen-bond donors (Lipinski definition) is 1. The number of hydrogen-bond acceptors (Lipinski definition) is 4. The van der Waals surface area contributed by atoms with Crippen LogP contribution in [-0.4, -0.2) is 29.3 Å². The van der Waals surface area contributed by atoms with Crippen LogP contribution in [0.2, 0.25) is 0 Å². The number of aromatic nitrogens is 2. The summed E-state index contributed by atoms with van der Waals surface area (Å²) in [5.74, 6) is 0.914. The normalized spacial score (nSPS) is 13.3. The van der Waals surface area contributed by atoms with E-state index in [0.29, 0.717) is 12.1 Å². The fourth-order valence-corrected chi connectivity index (χ4v) is 2.68. The van der Waals surface area contributed by atoms with Crippen LogP contribution in [0.25, 0.3) is 0 Å². The van der Waals surface area contributed by atoms with Crippen molar-refractivity contribution in [1.82, 2.24) is 9.55 Å². The van der Waals surface area contributed by atoms with Gasteiger partial charge in [0.25, 0.3) is 0 Å². The van der Waals surface area contributed by atoms with E-state index >= 15 is 0 Å². The van der Waals surface area contributed by atoms with Crippen LogP contribution in [0, 0.1) is 0 Å². The van der Waals surface area contributed by atoms with E-state index in [-0.39, 0.29) is 4.90 Å². The first kappa shape index (κ1) is 14.7. The standard InChI is InChI=1S/C14H18N2O3S/c1-3-14-15-8-9-16(14)10-13(17)11-4-6-12(7-5-11)20(2,18)19/h4-9,13,17H,3,10H2,1-2H3. The monoisotopic (exact) mass is 294 g/mol. The Hall–Kier alpha value is -1.66. The summed E-state index contributed by atoms with van der Waals surface area (Å²) >= 11 is 0. The average Bonchev–Trinajstić information content (AvgIpc) is 2.85. The molecule has 2 aromatic rings. The summed E-state index contributed by atoms with van der Waals surface area (Å²) in [5, 5.41) is 10.2. The third kappa shape index (κ3) is 3.26. The molecule has 0 aliphatic heterocycles. The van der Waals surface area contributed by atoms with Crippen LogP contribution in [0.15, 0.2) is 41.6 Å². The van der Waals surface area contributed by atoms with Gasteiger partial charge in [-0.05, 0) is 17.7 Å². The summed E-state index contributed by atoms with van der Waals surface area (Å²) in [6.07, 6.45) is 4.80. The van der Waals surface area contributed by atoms with E-state index in [4.69, 9.17) is 0 Å². The Morgan fingerprint density at radius 1 is 1.30 bits per heavy atom. The van der Waals surface area contributed by atoms with Crippen molar-refractivity contribution < 1.29 is 13.5 Å². The van der Waals surface area contributed by atoms with Crippen LogP contribution in [0.5, 0.6) is 0 Å². The van der Waals surface area contributed by atoms with Gasteiger partial charge >= 0.3 is 0 Å². The smallest absolute Gasteiger partial charge is 0.175 e. The first-order chi connectivity index (χ1) is 9.41.